The highest BCUT2D eigenvalue weighted by Crippen LogP contribution is 2.19. The summed E-state index contributed by atoms with van der Waals surface area (Å²) in [5, 5.41) is 2.98. The molecule has 0 saturated carbocycles. The molecule has 0 radical (unpaired) electrons. The molecule has 0 saturated heterocycles. The van der Waals surface area contributed by atoms with Gasteiger partial charge >= 0.3 is 5.69 Å². The van der Waals surface area contributed by atoms with E-state index in [2.05, 4.69) is 5.32 Å². The third-order valence-corrected chi connectivity index (χ3v) is 4.85. The number of hydrogen-bond acceptors (Lipinski definition) is 3. The van der Waals surface area contributed by atoms with Gasteiger partial charge in [0.25, 0.3) is 5.56 Å². The summed E-state index contributed by atoms with van der Waals surface area (Å²) in [5.74, 6) is -1.27. The van der Waals surface area contributed by atoms with Gasteiger partial charge in [0.1, 0.15) is 12.4 Å². The van der Waals surface area contributed by atoms with Crippen LogP contribution in [0.5, 0.6) is 0 Å². The Morgan fingerprint density at radius 2 is 1.93 bits per heavy atom. The topological polar surface area (TPSA) is 73.1 Å². The average Bonchev–Trinajstić information content (AvgIpc) is 2.67. The van der Waals surface area contributed by atoms with E-state index in [4.69, 9.17) is 11.6 Å². The number of nitrogens with zero attached hydrogens (tertiary/aromatic N) is 2. The Kier molecular flexibility index (Phi) is 5.65. The second-order valence-corrected chi connectivity index (χ2v) is 6.93. The minimum Gasteiger partial charge on any atom is -0.322 e. The van der Waals surface area contributed by atoms with Crippen molar-refractivity contribution in [2.75, 3.05) is 5.32 Å². The van der Waals surface area contributed by atoms with Gasteiger partial charge in [0.15, 0.2) is 0 Å². The van der Waals surface area contributed by atoms with Crippen LogP contribution in [0.3, 0.4) is 0 Å². The van der Waals surface area contributed by atoms with Crippen molar-refractivity contribution >= 4 is 34.1 Å². The molecule has 0 aliphatic carbocycles. The largest absolute Gasteiger partial charge is 0.332 e. The van der Waals surface area contributed by atoms with Crippen LogP contribution in [0.2, 0.25) is 5.02 Å². The molecule has 0 spiro atoms. The lowest BCUT2D eigenvalue weighted by Crippen LogP contribution is -2.43. The van der Waals surface area contributed by atoms with Crippen molar-refractivity contribution in [3.63, 3.8) is 0 Å². The van der Waals surface area contributed by atoms with Gasteiger partial charge in [0.2, 0.25) is 5.91 Å². The van der Waals surface area contributed by atoms with Gasteiger partial charge in [-0.15, -0.1) is 0 Å². The number of hydrogen-bond donors (Lipinski definition) is 1. The Morgan fingerprint density at radius 3 is 2.61 bits per heavy atom. The minimum absolute atomic E-state index is 0.0398. The molecule has 6 nitrogen and oxygen atoms in total. The van der Waals surface area contributed by atoms with Crippen molar-refractivity contribution in [1.29, 1.82) is 0 Å². The standard InChI is InChI=1S/C20H19ClFN3O3/c1-3-12(2)25-19(27)14-6-4-5-7-17(14)24(20(25)28)11-18(26)23-16-9-8-13(21)10-15(16)22/h4-10,12H,3,11H2,1-2H3,(H,23,26)/t12-/m0/s1. The highest BCUT2D eigenvalue weighted by molar-refractivity contribution is 6.30. The smallest absolute Gasteiger partial charge is 0.322 e. The zero-order chi connectivity index (χ0) is 20.4. The van der Waals surface area contributed by atoms with Gasteiger partial charge in [-0.25, -0.2) is 9.18 Å². The molecule has 8 heteroatoms. The average molecular weight is 404 g/mol. The summed E-state index contributed by atoms with van der Waals surface area (Å²) in [6, 6.07) is 10.2. The molecule has 1 heterocycles. The first-order chi connectivity index (χ1) is 13.3. The third kappa shape index (κ3) is 3.71. The summed E-state index contributed by atoms with van der Waals surface area (Å²) in [6.07, 6.45) is 0.579. The quantitative estimate of drug-likeness (QED) is 0.707. The van der Waals surface area contributed by atoms with Crippen LogP contribution in [0, 0.1) is 5.82 Å². The predicted molar refractivity (Wildman–Crippen MR) is 108 cm³/mol. The van der Waals surface area contributed by atoms with Crippen LogP contribution >= 0.6 is 11.6 Å². The highest BCUT2D eigenvalue weighted by atomic mass is 35.5. The molecule has 0 bridgehead atoms. The van der Waals surface area contributed by atoms with E-state index in [1.807, 2.05) is 6.92 Å². The fraction of sp³-hybridized carbons (Fsp3) is 0.250. The predicted octanol–water partition coefficient (Wildman–Crippen LogP) is 3.57. The summed E-state index contributed by atoms with van der Waals surface area (Å²) >= 11 is 5.71. The molecule has 3 rings (SSSR count). The molecule has 3 aromatic rings. The molecule has 146 valence electrons. The number of nitrogens with one attached hydrogen (secondary N) is 1. The van der Waals surface area contributed by atoms with E-state index in [0.29, 0.717) is 17.3 Å². The molecule has 1 amide bonds. The second kappa shape index (κ2) is 7.98. The molecular weight excluding hydrogens is 385 g/mol. The van der Waals surface area contributed by atoms with E-state index in [0.717, 1.165) is 10.6 Å². The maximum Gasteiger partial charge on any atom is 0.332 e. The van der Waals surface area contributed by atoms with E-state index in [9.17, 15) is 18.8 Å². The summed E-state index contributed by atoms with van der Waals surface area (Å²) < 4.78 is 16.3. The summed E-state index contributed by atoms with van der Waals surface area (Å²) in [4.78, 5) is 38.2. The van der Waals surface area contributed by atoms with Crippen LogP contribution in [-0.2, 0) is 11.3 Å². The molecule has 0 unspecified atom stereocenters. The van der Waals surface area contributed by atoms with Gasteiger partial charge in [0.05, 0.1) is 16.6 Å². The minimum atomic E-state index is -0.678. The van der Waals surface area contributed by atoms with Crippen LogP contribution < -0.4 is 16.6 Å². The Balaban J connectivity index is 2.06. The fourth-order valence-corrected chi connectivity index (χ4v) is 3.15. The summed E-state index contributed by atoms with van der Waals surface area (Å²) in [6.45, 7) is 3.27. The van der Waals surface area contributed by atoms with Crippen molar-refractivity contribution in [3.8, 4) is 0 Å². The van der Waals surface area contributed by atoms with Gasteiger partial charge in [-0.05, 0) is 43.7 Å². The van der Waals surface area contributed by atoms with Gasteiger partial charge in [-0.2, -0.15) is 0 Å². The van der Waals surface area contributed by atoms with E-state index in [-0.39, 0.29) is 23.3 Å². The lowest BCUT2D eigenvalue weighted by Gasteiger charge is -2.17. The molecule has 0 aliphatic rings. The first-order valence-electron chi connectivity index (χ1n) is 8.82. The number of amides is 1. The number of benzene rings is 2. The lowest BCUT2D eigenvalue weighted by atomic mass is 10.2. The Bertz CT molecular complexity index is 1170. The van der Waals surface area contributed by atoms with Crippen LogP contribution in [-0.4, -0.2) is 15.0 Å². The number of rotatable bonds is 5. The molecule has 1 N–H and O–H groups in total. The lowest BCUT2D eigenvalue weighted by molar-refractivity contribution is -0.116. The molecule has 1 atom stereocenters. The third-order valence-electron chi connectivity index (χ3n) is 4.62. The summed E-state index contributed by atoms with van der Waals surface area (Å²) in [5.41, 5.74) is -0.661. The highest BCUT2D eigenvalue weighted by Gasteiger charge is 2.18. The van der Waals surface area contributed by atoms with E-state index in [1.54, 1.807) is 31.2 Å². The number of carbonyl (C=O) groups is 1. The number of carbonyl (C=O) groups excluding carboxylic acids is 1. The number of para-hydroxylation sites is 1. The van der Waals surface area contributed by atoms with Gasteiger partial charge < -0.3 is 5.32 Å². The van der Waals surface area contributed by atoms with E-state index in [1.165, 1.54) is 16.7 Å². The zero-order valence-electron chi connectivity index (χ0n) is 15.4. The number of fused-ring (bicyclic) bond motifs is 1. The molecule has 1 aromatic heterocycles. The van der Waals surface area contributed by atoms with Crippen LogP contribution in [0.15, 0.2) is 52.1 Å². The number of aromatic nitrogens is 2. The van der Waals surface area contributed by atoms with Crippen LogP contribution in [0.4, 0.5) is 10.1 Å². The summed E-state index contributed by atoms with van der Waals surface area (Å²) in [7, 11) is 0. The molecular formula is C20H19ClFN3O3. The number of anilines is 1. The van der Waals surface area contributed by atoms with Crippen molar-refractivity contribution in [2.45, 2.75) is 32.9 Å². The monoisotopic (exact) mass is 403 g/mol. The maximum atomic E-state index is 13.9. The van der Waals surface area contributed by atoms with Crippen molar-refractivity contribution in [2.24, 2.45) is 0 Å². The second-order valence-electron chi connectivity index (χ2n) is 6.49. The van der Waals surface area contributed by atoms with Crippen LogP contribution in [0.25, 0.3) is 10.9 Å². The van der Waals surface area contributed by atoms with Crippen LogP contribution in [0.1, 0.15) is 26.3 Å². The first-order valence-corrected chi connectivity index (χ1v) is 9.20. The molecule has 2 aromatic carbocycles. The van der Waals surface area contributed by atoms with Gasteiger partial charge in [-0.1, -0.05) is 30.7 Å². The Labute approximate surface area is 165 Å². The van der Waals surface area contributed by atoms with Crippen molar-refractivity contribution in [3.05, 3.63) is 74.1 Å². The van der Waals surface area contributed by atoms with Gasteiger partial charge in [-0.3, -0.25) is 18.7 Å². The maximum absolute atomic E-state index is 13.9. The molecule has 0 fully saturated rings. The number of halogens is 2. The first kappa shape index (κ1) is 19.8. The fourth-order valence-electron chi connectivity index (χ4n) is 2.99. The zero-order valence-corrected chi connectivity index (χ0v) is 16.2. The normalized spacial score (nSPS) is 12.1. The van der Waals surface area contributed by atoms with E-state index < -0.39 is 23.0 Å². The van der Waals surface area contributed by atoms with E-state index >= 15 is 0 Å². The molecule has 28 heavy (non-hydrogen) atoms. The SMILES string of the molecule is CC[C@H](C)n1c(=O)c2ccccc2n(CC(=O)Nc2ccc(Cl)cc2F)c1=O. The van der Waals surface area contributed by atoms with Crippen molar-refractivity contribution in [1.82, 2.24) is 9.13 Å². The van der Waals surface area contributed by atoms with Gasteiger partial charge in [0, 0.05) is 11.1 Å². The molecule has 0 aliphatic heterocycles. The van der Waals surface area contributed by atoms with Crippen molar-refractivity contribution < 1.29 is 9.18 Å². The Morgan fingerprint density at radius 1 is 1.21 bits per heavy atom. The Hall–Kier alpha value is -2.93.